The Kier molecular flexibility index (Phi) is 3.82. The topological polar surface area (TPSA) is 86.9 Å². The van der Waals surface area contributed by atoms with E-state index in [0.29, 0.717) is 12.1 Å². The van der Waals surface area contributed by atoms with E-state index in [9.17, 15) is 9.59 Å². The molecule has 1 aliphatic carbocycles. The second-order valence-electron chi connectivity index (χ2n) is 5.65. The molecule has 1 aliphatic rings. The number of benzene rings is 1. The average Bonchev–Trinajstić information content (AvgIpc) is 2.92. The maximum atomic E-state index is 12.0. The number of amides is 2. The number of halogens is 2. The molecule has 8 heteroatoms. The molecule has 1 aromatic heterocycles. The van der Waals surface area contributed by atoms with E-state index in [1.807, 2.05) is 30.3 Å². The number of carbonyl (C=O) groups excluding carboxylic acids is 2. The van der Waals surface area contributed by atoms with Crippen LogP contribution in [0, 0.1) is 5.41 Å². The predicted molar refractivity (Wildman–Crippen MR) is 86.8 cm³/mol. The van der Waals surface area contributed by atoms with Gasteiger partial charge >= 0.3 is 0 Å². The molecule has 0 aliphatic heterocycles. The molecule has 3 rings (SSSR count). The molecule has 3 N–H and O–H groups in total. The van der Waals surface area contributed by atoms with Crippen molar-refractivity contribution < 1.29 is 9.59 Å². The highest BCUT2D eigenvalue weighted by Gasteiger charge is 2.68. The van der Waals surface area contributed by atoms with Crippen LogP contribution in [0.1, 0.15) is 23.8 Å². The lowest BCUT2D eigenvalue weighted by atomic mass is 10.1. The van der Waals surface area contributed by atoms with Crippen molar-refractivity contribution in [1.82, 2.24) is 21.0 Å². The summed E-state index contributed by atoms with van der Waals surface area (Å²) in [5.41, 5.74) is 5.50. The molecule has 1 heterocycles. The molecule has 0 saturated heterocycles. The third kappa shape index (κ3) is 2.92. The second kappa shape index (κ2) is 5.54. The Bertz CT molecular complexity index is 760. The van der Waals surface area contributed by atoms with E-state index < -0.39 is 21.6 Å². The minimum absolute atomic E-state index is 0.230. The molecule has 23 heavy (non-hydrogen) atoms. The van der Waals surface area contributed by atoms with Crippen molar-refractivity contribution in [3.05, 3.63) is 42.1 Å². The van der Waals surface area contributed by atoms with Crippen molar-refractivity contribution in [2.75, 3.05) is 0 Å². The maximum absolute atomic E-state index is 12.0. The van der Waals surface area contributed by atoms with Gasteiger partial charge in [0.15, 0.2) is 0 Å². The third-order valence-electron chi connectivity index (χ3n) is 3.94. The number of nitrogens with one attached hydrogen (secondary N) is 3. The number of H-pyrrole nitrogens is 1. The predicted octanol–water partition coefficient (Wildman–Crippen LogP) is 2.42. The van der Waals surface area contributed by atoms with Crippen LogP contribution in [-0.2, 0) is 4.79 Å². The van der Waals surface area contributed by atoms with Gasteiger partial charge in [-0.25, -0.2) is 0 Å². The van der Waals surface area contributed by atoms with Crippen molar-refractivity contribution >= 4 is 35.0 Å². The first kappa shape index (κ1) is 15.8. The van der Waals surface area contributed by atoms with Gasteiger partial charge in [0, 0.05) is 5.56 Å². The first-order valence-corrected chi connectivity index (χ1v) is 7.68. The van der Waals surface area contributed by atoms with Crippen molar-refractivity contribution in [2.45, 2.75) is 17.7 Å². The van der Waals surface area contributed by atoms with Gasteiger partial charge in [-0.1, -0.05) is 30.3 Å². The van der Waals surface area contributed by atoms with E-state index >= 15 is 0 Å². The lowest BCUT2D eigenvalue weighted by Gasteiger charge is -2.12. The number of carbonyl (C=O) groups is 2. The van der Waals surface area contributed by atoms with Gasteiger partial charge in [0.2, 0.25) is 5.91 Å². The monoisotopic (exact) mass is 352 g/mol. The van der Waals surface area contributed by atoms with Gasteiger partial charge in [0.05, 0.1) is 11.1 Å². The van der Waals surface area contributed by atoms with Crippen molar-refractivity contribution in [3.63, 3.8) is 0 Å². The van der Waals surface area contributed by atoms with Gasteiger partial charge < -0.3 is 0 Å². The molecule has 6 nitrogen and oxygen atoms in total. The molecule has 1 fully saturated rings. The van der Waals surface area contributed by atoms with E-state index in [1.54, 1.807) is 13.0 Å². The Morgan fingerprint density at radius 3 is 2.48 bits per heavy atom. The van der Waals surface area contributed by atoms with Crippen LogP contribution in [0.25, 0.3) is 11.3 Å². The number of hydrogen-bond acceptors (Lipinski definition) is 3. The van der Waals surface area contributed by atoms with Gasteiger partial charge in [-0.15, -0.1) is 23.2 Å². The molecule has 1 atom stereocenters. The Morgan fingerprint density at radius 2 is 1.87 bits per heavy atom. The molecular formula is C15H14Cl2N4O2. The fourth-order valence-electron chi connectivity index (χ4n) is 2.16. The molecule has 1 aromatic carbocycles. The summed E-state index contributed by atoms with van der Waals surface area (Å²) in [5.74, 6) is -0.939. The van der Waals surface area contributed by atoms with Crippen molar-refractivity contribution in [1.29, 1.82) is 0 Å². The SMILES string of the molecule is C[C@@]1(C(=O)NNC(=O)c2cc(-c3ccccc3)n[nH]2)CC1(Cl)Cl. The number of hydrogen-bond donors (Lipinski definition) is 3. The normalized spacial score (nSPS) is 21.5. The summed E-state index contributed by atoms with van der Waals surface area (Å²) < 4.78 is -1.09. The molecule has 0 spiro atoms. The first-order valence-electron chi connectivity index (χ1n) is 6.93. The minimum atomic E-state index is -1.09. The molecule has 2 amide bonds. The lowest BCUT2D eigenvalue weighted by Crippen LogP contribution is -2.45. The van der Waals surface area contributed by atoms with Crippen LogP contribution < -0.4 is 10.9 Å². The molecule has 120 valence electrons. The Labute approximate surface area is 142 Å². The quantitative estimate of drug-likeness (QED) is 0.585. The summed E-state index contributed by atoms with van der Waals surface area (Å²) in [5, 5.41) is 6.71. The summed E-state index contributed by atoms with van der Waals surface area (Å²) >= 11 is 11.8. The van der Waals surface area contributed by atoms with Gasteiger partial charge in [-0.05, 0) is 19.4 Å². The van der Waals surface area contributed by atoms with Crippen LogP contribution in [0.15, 0.2) is 36.4 Å². The highest BCUT2D eigenvalue weighted by Crippen LogP contribution is 2.63. The lowest BCUT2D eigenvalue weighted by molar-refractivity contribution is -0.126. The van der Waals surface area contributed by atoms with Gasteiger partial charge in [0.1, 0.15) is 10.0 Å². The van der Waals surface area contributed by atoms with Gasteiger partial charge in [0.25, 0.3) is 5.91 Å². The minimum Gasteiger partial charge on any atom is -0.273 e. The largest absolute Gasteiger partial charge is 0.287 e. The summed E-state index contributed by atoms with van der Waals surface area (Å²) in [6.07, 6.45) is 0.340. The number of aromatic nitrogens is 2. The zero-order valence-electron chi connectivity index (χ0n) is 12.2. The summed E-state index contributed by atoms with van der Waals surface area (Å²) in [4.78, 5) is 24.0. The smallest absolute Gasteiger partial charge is 0.273 e. The fraction of sp³-hybridized carbons (Fsp3) is 0.267. The first-order chi connectivity index (χ1) is 10.8. The van der Waals surface area contributed by atoms with Crippen LogP contribution in [0.5, 0.6) is 0 Å². The van der Waals surface area contributed by atoms with E-state index in [4.69, 9.17) is 23.2 Å². The number of rotatable bonds is 3. The molecule has 0 unspecified atom stereocenters. The number of aromatic amines is 1. The van der Waals surface area contributed by atoms with Crippen molar-refractivity contribution in [3.8, 4) is 11.3 Å². The number of nitrogens with zero attached hydrogens (tertiary/aromatic N) is 1. The summed E-state index contributed by atoms with van der Waals surface area (Å²) in [6, 6.07) is 11.0. The Balaban J connectivity index is 1.62. The average molecular weight is 353 g/mol. The van der Waals surface area contributed by atoms with Crippen LogP contribution in [-0.4, -0.2) is 26.3 Å². The zero-order chi connectivity index (χ0) is 16.7. The molecule has 0 radical (unpaired) electrons. The van der Waals surface area contributed by atoms with Crippen LogP contribution >= 0.6 is 23.2 Å². The molecule has 1 saturated carbocycles. The number of hydrazine groups is 1. The van der Waals surface area contributed by atoms with Crippen LogP contribution in [0.4, 0.5) is 0 Å². The van der Waals surface area contributed by atoms with E-state index in [0.717, 1.165) is 5.56 Å². The van der Waals surface area contributed by atoms with E-state index in [-0.39, 0.29) is 5.69 Å². The molecular weight excluding hydrogens is 339 g/mol. The Morgan fingerprint density at radius 1 is 1.22 bits per heavy atom. The molecule has 2 aromatic rings. The summed E-state index contributed by atoms with van der Waals surface area (Å²) in [7, 11) is 0. The summed E-state index contributed by atoms with van der Waals surface area (Å²) in [6.45, 7) is 1.64. The van der Waals surface area contributed by atoms with E-state index in [1.165, 1.54) is 0 Å². The highest BCUT2D eigenvalue weighted by molar-refractivity contribution is 6.53. The van der Waals surface area contributed by atoms with Crippen molar-refractivity contribution in [2.24, 2.45) is 5.41 Å². The third-order valence-corrected chi connectivity index (χ3v) is 5.04. The highest BCUT2D eigenvalue weighted by atomic mass is 35.5. The molecule has 0 bridgehead atoms. The van der Waals surface area contributed by atoms with E-state index in [2.05, 4.69) is 21.0 Å². The fourth-order valence-corrected chi connectivity index (χ4v) is 2.87. The number of alkyl halides is 2. The second-order valence-corrected chi connectivity index (χ2v) is 7.14. The maximum Gasteiger partial charge on any atom is 0.287 e. The Hall–Kier alpha value is -2.05. The van der Waals surface area contributed by atoms with Gasteiger partial charge in [-0.2, -0.15) is 5.10 Å². The standard InChI is InChI=1S/C15H14Cl2N4O2/c1-14(8-15(14,16)17)13(23)21-20-12(22)11-7-10(18-19-11)9-5-3-2-4-6-9/h2-7H,8H2,1H3,(H,18,19)(H,20,22)(H,21,23)/t14-/m0/s1. The zero-order valence-corrected chi connectivity index (χ0v) is 13.7. The van der Waals surface area contributed by atoms with Crippen LogP contribution in [0.2, 0.25) is 0 Å². The van der Waals surface area contributed by atoms with Gasteiger partial charge in [-0.3, -0.25) is 25.5 Å². The van der Waals surface area contributed by atoms with Crippen LogP contribution in [0.3, 0.4) is 0 Å².